The third-order valence-corrected chi connectivity index (χ3v) is 2.74. The Morgan fingerprint density at radius 3 is 1.62 bits per heavy atom. The number of hydrogen-bond donors (Lipinski definition) is 3. The zero-order chi connectivity index (χ0) is 19.3. The van der Waals surface area contributed by atoms with Gasteiger partial charge in [0, 0.05) is 13.0 Å². The number of carbonyl (C=O) groups is 3. The minimum absolute atomic E-state index is 0.0291. The molecule has 136 valence electrons. The fourth-order valence-corrected chi connectivity index (χ4v) is 1.72. The summed E-state index contributed by atoms with van der Waals surface area (Å²) in [7, 11) is 0. The van der Waals surface area contributed by atoms with Gasteiger partial charge in [-0.05, 0) is 24.6 Å². The maximum atomic E-state index is 11.2. The van der Waals surface area contributed by atoms with Gasteiger partial charge in [0.15, 0.2) is 0 Å². The zero-order valence-corrected chi connectivity index (χ0v) is 14.7. The van der Waals surface area contributed by atoms with Crippen molar-refractivity contribution >= 4 is 17.9 Å². The lowest BCUT2D eigenvalue weighted by Crippen LogP contribution is -2.51. The quantitative estimate of drug-likeness (QED) is 0.651. The Morgan fingerprint density at radius 2 is 1.33 bits per heavy atom. The van der Waals surface area contributed by atoms with Crippen LogP contribution in [-0.4, -0.2) is 45.4 Å². The van der Waals surface area contributed by atoms with E-state index < -0.39 is 29.9 Å². The van der Waals surface area contributed by atoms with Crippen LogP contribution in [0.2, 0.25) is 0 Å². The highest BCUT2D eigenvalue weighted by atomic mass is 16.5. The molecular formula is C17H26O7. The van der Waals surface area contributed by atoms with Crippen molar-refractivity contribution in [2.45, 2.75) is 46.6 Å². The average Bonchev–Trinajstić information content (AvgIpc) is 2.58. The predicted molar refractivity (Wildman–Crippen MR) is 89.4 cm³/mol. The minimum Gasteiger partial charge on any atom is -0.479 e. The molecule has 0 aromatic heterocycles. The van der Waals surface area contributed by atoms with Crippen molar-refractivity contribution in [3.05, 3.63) is 35.4 Å². The number of hydrogen-bond acceptors (Lipinski definition) is 4. The number of benzene rings is 1. The Kier molecular flexibility index (Phi) is 12.0. The fraction of sp³-hybridized carbons (Fsp3) is 0.471. The molecule has 0 unspecified atom stereocenters. The van der Waals surface area contributed by atoms with E-state index in [0.29, 0.717) is 5.56 Å². The lowest BCUT2D eigenvalue weighted by atomic mass is 9.93. The molecule has 0 saturated heterocycles. The Labute approximate surface area is 141 Å². The molecule has 0 radical (unpaired) electrons. The standard InChI is InChI=1S/C13H14O7.2C2H6/c1-2-20-13(11(16)17,12(18)19)7-8-3-5-9(6-4-8)10(14)15;2*1-2/h3-6H,2,7H2,1H3,(H,14,15)(H,16,17)(H,18,19);2*1-2H3. The molecule has 0 aliphatic rings. The second-order valence-electron chi connectivity index (χ2n) is 4.05. The summed E-state index contributed by atoms with van der Waals surface area (Å²) in [6, 6.07) is 5.28. The molecule has 0 atom stereocenters. The highest BCUT2D eigenvalue weighted by molar-refractivity contribution is 6.02. The molecule has 0 bridgehead atoms. The second kappa shape index (κ2) is 12.1. The molecule has 0 aliphatic heterocycles. The van der Waals surface area contributed by atoms with Crippen molar-refractivity contribution in [1.82, 2.24) is 0 Å². The highest BCUT2D eigenvalue weighted by Crippen LogP contribution is 2.20. The van der Waals surface area contributed by atoms with Crippen LogP contribution in [-0.2, 0) is 20.7 Å². The summed E-state index contributed by atoms with van der Waals surface area (Å²) >= 11 is 0. The first kappa shape index (κ1) is 23.9. The van der Waals surface area contributed by atoms with Crippen LogP contribution in [0.4, 0.5) is 0 Å². The SMILES string of the molecule is CC.CC.CCOC(Cc1ccc(C(=O)O)cc1)(C(=O)O)C(=O)O. The molecule has 24 heavy (non-hydrogen) atoms. The molecule has 1 aromatic rings. The summed E-state index contributed by atoms with van der Waals surface area (Å²) in [6.45, 7) is 9.42. The van der Waals surface area contributed by atoms with E-state index >= 15 is 0 Å². The van der Waals surface area contributed by atoms with E-state index in [9.17, 15) is 14.4 Å². The van der Waals surface area contributed by atoms with Gasteiger partial charge in [0.1, 0.15) is 0 Å². The molecule has 3 N–H and O–H groups in total. The first-order valence-corrected chi connectivity index (χ1v) is 7.76. The second-order valence-corrected chi connectivity index (χ2v) is 4.05. The van der Waals surface area contributed by atoms with E-state index in [0.717, 1.165) is 0 Å². The fourth-order valence-electron chi connectivity index (χ4n) is 1.72. The van der Waals surface area contributed by atoms with Crippen LogP contribution in [0.25, 0.3) is 0 Å². The first-order valence-electron chi connectivity index (χ1n) is 7.76. The van der Waals surface area contributed by atoms with Crippen molar-refractivity contribution in [2.24, 2.45) is 0 Å². The summed E-state index contributed by atoms with van der Waals surface area (Å²) in [5.74, 6) is -4.33. The third-order valence-electron chi connectivity index (χ3n) is 2.74. The van der Waals surface area contributed by atoms with E-state index in [1.807, 2.05) is 27.7 Å². The van der Waals surface area contributed by atoms with E-state index in [2.05, 4.69) is 0 Å². The van der Waals surface area contributed by atoms with E-state index in [4.69, 9.17) is 20.1 Å². The first-order chi connectivity index (χ1) is 11.3. The monoisotopic (exact) mass is 342 g/mol. The average molecular weight is 342 g/mol. The zero-order valence-electron chi connectivity index (χ0n) is 14.7. The van der Waals surface area contributed by atoms with Crippen molar-refractivity contribution in [3.8, 4) is 0 Å². The van der Waals surface area contributed by atoms with Gasteiger partial charge in [0.25, 0.3) is 5.60 Å². The number of aliphatic carboxylic acids is 2. The summed E-state index contributed by atoms with van der Waals surface area (Å²) < 4.78 is 4.92. The number of carboxylic acid groups (broad SMARTS) is 3. The number of ether oxygens (including phenoxy) is 1. The summed E-state index contributed by atoms with van der Waals surface area (Å²) in [6.07, 6.45) is -0.397. The van der Waals surface area contributed by atoms with Crippen molar-refractivity contribution in [2.75, 3.05) is 6.61 Å². The van der Waals surface area contributed by atoms with Gasteiger partial charge in [-0.3, -0.25) is 0 Å². The molecule has 0 amide bonds. The van der Waals surface area contributed by atoms with Gasteiger partial charge in [-0.2, -0.15) is 0 Å². The largest absolute Gasteiger partial charge is 0.479 e. The maximum Gasteiger partial charge on any atom is 0.348 e. The van der Waals surface area contributed by atoms with Crippen molar-refractivity contribution in [1.29, 1.82) is 0 Å². The van der Waals surface area contributed by atoms with Crippen LogP contribution in [0, 0.1) is 0 Å². The van der Waals surface area contributed by atoms with E-state index in [-0.39, 0.29) is 12.2 Å². The number of aromatic carboxylic acids is 1. The molecule has 7 nitrogen and oxygen atoms in total. The molecular weight excluding hydrogens is 316 g/mol. The smallest absolute Gasteiger partial charge is 0.348 e. The molecule has 1 aromatic carbocycles. The van der Waals surface area contributed by atoms with Crippen LogP contribution >= 0.6 is 0 Å². The lowest BCUT2D eigenvalue weighted by Gasteiger charge is -2.24. The minimum atomic E-state index is -2.38. The number of rotatable bonds is 7. The van der Waals surface area contributed by atoms with Gasteiger partial charge in [-0.25, -0.2) is 14.4 Å². The van der Waals surface area contributed by atoms with Gasteiger partial charge in [-0.15, -0.1) is 0 Å². The van der Waals surface area contributed by atoms with Crippen LogP contribution in [0.5, 0.6) is 0 Å². The number of carboxylic acids is 3. The topological polar surface area (TPSA) is 121 Å². The molecule has 0 spiro atoms. The van der Waals surface area contributed by atoms with Gasteiger partial charge in [0.05, 0.1) is 5.56 Å². The Bertz CT molecular complexity index is 506. The molecule has 0 aliphatic carbocycles. The summed E-state index contributed by atoms with van der Waals surface area (Å²) in [5.41, 5.74) is -1.99. The predicted octanol–water partition coefficient (Wildman–Crippen LogP) is 2.92. The Balaban J connectivity index is 0. The van der Waals surface area contributed by atoms with Gasteiger partial charge >= 0.3 is 17.9 Å². The van der Waals surface area contributed by atoms with Crippen molar-refractivity contribution in [3.63, 3.8) is 0 Å². The molecule has 0 heterocycles. The van der Waals surface area contributed by atoms with Crippen LogP contribution < -0.4 is 0 Å². The van der Waals surface area contributed by atoms with Gasteiger partial charge in [0.2, 0.25) is 0 Å². The summed E-state index contributed by atoms with van der Waals surface area (Å²) in [5, 5.41) is 27.0. The van der Waals surface area contributed by atoms with E-state index in [1.54, 1.807) is 0 Å². The normalized spacial score (nSPS) is 9.71. The highest BCUT2D eigenvalue weighted by Gasteiger charge is 2.48. The molecule has 0 saturated carbocycles. The molecule has 0 fully saturated rings. The van der Waals surface area contributed by atoms with Crippen molar-refractivity contribution < 1.29 is 34.4 Å². The Morgan fingerprint density at radius 1 is 0.917 bits per heavy atom. The Hall–Kier alpha value is -2.41. The summed E-state index contributed by atoms with van der Waals surface area (Å²) in [4.78, 5) is 33.2. The van der Waals surface area contributed by atoms with Crippen LogP contribution in [0.3, 0.4) is 0 Å². The van der Waals surface area contributed by atoms with Gasteiger partial charge in [-0.1, -0.05) is 39.8 Å². The maximum absolute atomic E-state index is 11.2. The molecule has 1 rings (SSSR count). The molecule has 7 heteroatoms. The lowest BCUT2D eigenvalue weighted by molar-refractivity contribution is -0.182. The van der Waals surface area contributed by atoms with E-state index in [1.165, 1.54) is 31.2 Å². The third kappa shape index (κ3) is 6.37. The van der Waals surface area contributed by atoms with Crippen LogP contribution in [0.15, 0.2) is 24.3 Å². The van der Waals surface area contributed by atoms with Gasteiger partial charge < -0.3 is 20.1 Å². The van der Waals surface area contributed by atoms with Crippen LogP contribution in [0.1, 0.15) is 50.5 Å².